The Morgan fingerprint density at radius 2 is 1.52 bits per heavy atom. The van der Waals surface area contributed by atoms with Crippen LogP contribution >= 0.6 is 0 Å². The fourth-order valence-corrected chi connectivity index (χ4v) is 4.14. The van der Waals surface area contributed by atoms with Crippen LogP contribution in [0.15, 0.2) is 24.3 Å². The Balaban J connectivity index is 1.62. The zero-order valence-electron chi connectivity index (χ0n) is 14.2. The molecule has 0 radical (unpaired) electrons. The topological polar surface area (TPSA) is 95.6 Å². The maximum atomic E-state index is 12.5. The molecule has 0 spiro atoms. The number of anilines is 2. The maximum absolute atomic E-state index is 12.5. The van der Waals surface area contributed by atoms with E-state index >= 15 is 0 Å². The van der Waals surface area contributed by atoms with Crippen molar-refractivity contribution in [2.75, 3.05) is 23.4 Å². The Hall–Kier alpha value is -1.93. The van der Waals surface area contributed by atoms with Gasteiger partial charge in [0.2, 0.25) is 21.8 Å². The molecular weight excluding hydrogens is 342 g/mol. The summed E-state index contributed by atoms with van der Waals surface area (Å²) in [5.74, 6) is -0.157. The quantitative estimate of drug-likeness (QED) is 0.831. The van der Waals surface area contributed by atoms with Crippen LogP contribution in [0, 0.1) is 5.92 Å². The van der Waals surface area contributed by atoms with E-state index in [9.17, 15) is 18.0 Å². The molecule has 0 unspecified atom stereocenters. The van der Waals surface area contributed by atoms with Gasteiger partial charge >= 0.3 is 0 Å². The molecule has 2 amide bonds. The van der Waals surface area contributed by atoms with Gasteiger partial charge in [0.25, 0.3) is 0 Å². The standard InChI is InChI=1S/C17H23N3O4S/c1-25(23,24)20-11-3-2-4-15(20)17(22)19-14-9-7-13(8-10-14)18-16(21)12-5-6-12/h7-10,12,15H,2-6,11H2,1H3,(H,18,21)(H,19,22)/t15-/m0/s1. The molecule has 2 N–H and O–H groups in total. The van der Waals surface area contributed by atoms with Crippen molar-refractivity contribution in [3.05, 3.63) is 24.3 Å². The smallest absolute Gasteiger partial charge is 0.242 e. The van der Waals surface area contributed by atoms with Crippen molar-refractivity contribution in [2.24, 2.45) is 5.92 Å². The summed E-state index contributed by atoms with van der Waals surface area (Å²) in [5.41, 5.74) is 1.26. The first-order valence-electron chi connectivity index (χ1n) is 8.53. The van der Waals surface area contributed by atoms with Gasteiger partial charge in [-0.05, 0) is 49.9 Å². The van der Waals surface area contributed by atoms with Gasteiger partial charge in [0, 0.05) is 23.8 Å². The van der Waals surface area contributed by atoms with Crippen LogP contribution < -0.4 is 10.6 Å². The van der Waals surface area contributed by atoms with E-state index in [1.165, 1.54) is 4.31 Å². The summed E-state index contributed by atoms with van der Waals surface area (Å²) < 4.78 is 25.0. The van der Waals surface area contributed by atoms with Crippen molar-refractivity contribution in [3.8, 4) is 0 Å². The van der Waals surface area contributed by atoms with Crippen LogP contribution in [0.2, 0.25) is 0 Å². The van der Waals surface area contributed by atoms with Crippen LogP contribution in [0.25, 0.3) is 0 Å². The lowest BCUT2D eigenvalue weighted by Crippen LogP contribution is -2.49. The molecule has 136 valence electrons. The normalized spacial score (nSPS) is 21.6. The number of nitrogens with zero attached hydrogens (tertiary/aromatic N) is 1. The van der Waals surface area contributed by atoms with Crippen LogP contribution in [0.4, 0.5) is 11.4 Å². The Morgan fingerprint density at radius 1 is 0.960 bits per heavy atom. The second kappa shape index (κ2) is 7.13. The second-order valence-corrected chi connectivity index (χ2v) is 8.65. The molecule has 2 aliphatic rings. The Kier molecular flexibility index (Phi) is 5.10. The van der Waals surface area contributed by atoms with Crippen LogP contribution in [-0.4, -0.2) is 43.4 Å². The second-order valence-electron chi connectivity index (χ2n) is 6.72. The molecule has 8 heteroatoms. The van der Waals surface area contributed by atoms with Gasteiger partial charge in [0.1, 0.15) is 6.04 Å². The van der Waals surface area contributed by atoms with Gasteiger partial charge in [-0.2, -0.15) is 4.31 Å². The molecule has 2 fully saturated rings. The average molecular weight is 365 g/mol. The van der Waals surface area contributed by atoms with Crippen molar-refractivity contribution in [2.45, 2.75) is 38.1 Å². The monoisotopic (exact) mass is 365 g/mol. The van der Waals surface area contributed by atoms with E-state index in [1.54, 1.807) is 24.3 Å². The number of benzene rings is 1. The number of hydrogen-bond acceptors (Lipinski definition) is 4. The summed E-state index contributed by atoms with van der Waals surface area (Å²) in [6.45, 7) is 0.378. The molecule has 25 heavy (non-hydrogen) atoms. The first kappa shape index (κ1) is 17.9. The van der Waals surface area contributed by atoms with Crippen LogP contribution in [0.5, 0.6) is 0 Å². The minimum Gasteiger partial charge on any atom is -0.326 e. The molecule has 1 aromatic carbocycles. The van der Waals surface area contributed by atoms with E-state index in [1.807, 2.05) is 0 Å². The maximum Gasteiger partial charge on any atom is 0.242 e. The number of nitrogens with one attached hydrogen (secondary N) is 2. The highest BCUT2D eigenvalue weighted by atomic mass is 32.2. The van der Waals surface area contributed by atoms with Crippen molar-refractivity contribution in [3.63, 3.8) is 0 Å². The third kappa shape index (κ3) is 4.58. The lowest BCUT2D eigenvalue weighted by Gasteiger charge is -2.32. The van der Waals surface area contributed by atoms with Crippen molar-refractivity contribution >= 4 is 33.2 Å². The van der Waals surface area contributed by atoms with Gasteiger partial charge in [-0.1, -0.05) is 6.42 Å². The molecular formula is C17H23N3O4S. The largest absolute Gasteiger partial charge is 0.326 e. The summed E-state index contributed by atoms with van der Waals surface area (Å²) in [4.78, 5) is 24.2. The molecule has 1 atom stereocenters. The molecule has 0 bridgehead atoms. The molecule has 7 nitrogen and oxygen atoms in total. The number of carbonyl (C=O) groups excluding carboxylic acids is 2. The molecule has 1 aliphatic heterocycles. The molecule has 1 aliphatic carbocycles. The van der Waals surface area contributed by atoms with Crippen LogP contribution in [0.1, 0.15) is 32.1 Å². The third-order valence-electron chi connectivity index (χ3n) is 4.55. The zero-order chi connectivity index (χ0) is 18.0. The summed E-state index contributed by atoms with van der Waals surface area (Å²) in [5, 5.41) is 5.61. The first-order chi connectivity index (χ1) is 11.8. The Labute approximate surface area is 147 Å². The Bertz CT molecular complexity index is 757. The summed E-state index contributed by atoms with van der Waals surface area (Å²) in [6.07, 6.45) is 5.14. The number of piperidine rings is 1. The highest BCUT2D eigenvalue weighted by molar-refractivity contribution is 7.88. The highest BCUT2D eigenvalue weighted by Gasteiger charge is 2.34. The minimum atomic E-state index is -3.41. The molecule has 0 aromatic heterocycles. The van der Waals surface area contributed by atoms with E-state index < -0.39 is 16.1 Å². The minimum absolute atomic E-state index is 0.0304. The van der Waals surface area contributed by atoms with E-state index in [0.717, 1.165) is 31.9 Å². The van der Waals surface area contributed by atoms with Crippen LogP contribution in [0.3, 0.4) is 0 Å². The van der Waals surface area contributed by atoms with Crippen molar-refractivity contribution in [1.29, 1.82) is 0 Å². The van der Waals surface area contributed by atoms with E-state index in [-0.39, 0.29) is 17.7 Å². The number of sulfonamides is 1. The van der Waals surface area contributed by atoms with E-state index in [2.05, 4.69) is 10.6 Å². The van der Waals surface area contributed by atoms with Crippen molar-refractivity contribution < 1.29 is 18.0 Å². The number of carbonyl (C=O) groups is 2. The van der Waals surface area contributed by atoms with Gasteiger partial charge in [-0.15, -0.1) is 0 Å². The van der Waals surface area contributed by atoms with Gasteiger partial charge in [0.15, 0.2) is 0 Å². The van der Waals surface area contributed by atoms with E-state index in [4.69, 9.17) is 0 Å². The molecule has 1 saturated heterocycles. The fourth-order valence-electron chi connectivity index (χ4n) is 3.02. The fraction of sp³-hybridized carbons (Fsp3) is 0.529. The molecule has 1 aromatic rings. The summed E-state index contributed by atoms with van der Waals surface area (Å²) in [7, 11) is -3.41. The number of rotatable bonds is 5. The lowest BCUT2D eigenvalue weighted by atomic mass is 10.0. The number of hydrogen-bond donors (Lipinski definition) is 2. The van der Waals surface area contributed by atoms with Gasteiger partial charge in [-0.3, -0.25) is 9.59 Å². The lowest BCUT2D eigenvalue weighted by molar-refractivity contribution is -0.120. The third-order valence-corrected chi connectivity index (χ3v) is 5.84. The summed E-state index contributed by atoms with van der Waals surface area (Å²) >= 11 is 0. The average Bonchev–Trinajstić information content (AvgIpc) is 3.41. The van der Waals surface area contributed by atoms with E-state index in [0.29, 0.717) is 24.3 Å². The molecule has 1 heterocycles. The molecule has 1 saturated carbocycles. The SMILES string of the molecule is CS(=O)(=O)N1CCCC[C@H]1C(=O)Nc1ccc(NC(=O)C2CC2)cc1. The first-order valence-corrected chi connectivity index (χ1v) is 10.4. The van der Waals surface area contributed by atoms with Crippen LogP contribution in [-0.2, 0) is 19.6 Å². The highest BCUT2D eigenvalue weighted by Crippen LogP contribution is 2.30. The predicted octanol–water partition coefficient (Wildman–Crippen LogP) is 1.79. The molecule has 3 rings (SSSR count). The van der Waals surface area contributed by atoms with Gasteiger partial charge in [0.05, 0.1) is 6.26 Å². The van der Waals surface area contributed by atoms with Gasteiger partial charge < -0.3 is 10.6 Å². The predicted molar refractivity (Wildman–Crippen MR) is 95.6 cm³/mol. The Morgan fingerprint density at radius 3 is 2.04 bits per heavy atom. The van der Waals surface area contributed by atoms with Crippen molar-refractivity contribution in [1.82, 2.24) is 4.31 Å². The number of amides is 2. The van der Waals surface area contributed by atoms with Gasteiger partial charge in [-0.25, -0.2) is 8.42 Å². The zero-order valence-corrected chi connectivity index (χ0v) is 15.0. The summed E-state index contributed by atoms with van der Waals surface area (Å²) in [6, 6.07) is 6.19.